The predicted molar refractivity (Wildman–Crippen MR) is 119 cm³/mol. The van der Waals surface area contributed by atoms with Gasteiger partial charge in [-0.15, -0.1) is 0 Å². The van der Waals surface area contributed by atoms with Gasteiger partial charge in [0.1, 0.15) is 11.5 Å². The monoisotopic (exact) mass is 391 g/mol. The molecule has 3 aromatic rings. The highest BCUT2D eigenvalue weighted by Crippen LogP contribution is 2.20. The van der Waals surface area contributed by atoms with Crippen molar-refractivity contribution in [3.05, 3.63) is 60.4 Å². The molecule has 2 heterocycles. The van der Waals surface area contributed by atoms with Crippen molar-refractivity contribution >= 4 is 28.3 Å². The van der Waals surface area contributed by atoms with Crippen LogP contribution in [0.1, 0.15) is 38.2 Å². The average molecular weight is 392 g/mol. The molecule has 0 spiro atoms. The summed E-state index contributed by atoms with van der Waals surface area (Å²) >= 11 is 0. The summed E-state index contributed by atoms with van der Waals surface area (Å²) in [5.74, 6) is 0.468. The normalized spacial score (nSPS) is 11.4. The molecule has 0 aliphatic carbocycles. The van der Waals surface area contributed by atoms with Crippen molar-refractivity contribution in [3.63, 3.8) is 0 Å². The zero-order valence-corrected chi connectivity index (χ0v) is 17.5. The molecule has 0 saturated carbocycles. The average Bonchev–Trinajstić information content (AvgIpc) is 2.70. The van der Waals surface area contributed by atoms with Gasteiger partial charge in [0.15, 0.2) is 0 Å². The first kappa shape index (κ1) is 20.7. The number of aromatic nitrogens is 2. The van der Waals surface area contributed by atoms with Crippen LogP contribution in [0.5, 0.6) is 0 Å². The Kier molecular flexibility index (Phi) is 6.77. The lowest BCUT2D eigenvalue weighted by molar-refractivity contribution is 0.0934. The Morgan fingerprint density at radius 1 is 1.03 bits per heavy atom. The van der Waals surface area contributed by atoms with Crippen LogP contribution in [0, 0.1) is 0 Å². The summed E-state index contributed by atoms with van der Waals surface area (Å²) in [7, 11) is 0. The molecule has 0 aliphatic rings. The predicted octanol–water partition coefficient (Wildman–Crippen LogP) is 4.22. The number of carbonyl (C=O) groups excluding carboxylic acids is 1. The summed E-state index contributed by atoms with van der Waals surface area (Å²) in [6, 6.07) is 16.2. The van der Waals surface area contributed by atoms with E-state index in [-0.39, 0.29) is 5.91 Å². The summed E-state index contributed by atoms with van der Waals surface area (Å²) in [6.07, 6.45) is 1.78. The molecule has 1 aromatic carbocycles. The molecule has 3 rings (SSSR count). The van der Waals surface area contributed by atoms with Crippen LogP contribution in [0.4, 0.5) is 11.5 Å². The van der Waals surface area contributed by atoms with E-state index in [1.807, 2.05) is 42.5 Å². The van der Waals surface area contributed by atoms with Crippen LogP contribution in [0.15, 0.2) is 54.7 Å². The van der Waals surface area contributed by atoms with Crippen molar-refractivity contribution in [2.24, 2.45) is 0 Å². The lowest BCUT2D eigenvalue weighted by Crippen LogP contribution is -2.42. The number of hydrogen-bond donors (Lipinski definition) is 2. The van der Waals surface area contributed by atoms with Gasteiger partial charge in [-0.3, -0.25) is 14.7 Å². The van der Waals surface area contributed by atoms with Crippen LogP contribution in [0.25, 0.3) is 10.9 Å². The first-order chi connectivity index (χ1) is 13.9. The quantitative estimate of drug-likeness (QED) is 0.602. The molecular formula is C23H29N5O. The summed E-state index contributed by atoms with van der Waals surface area (Å²) in [6.45, 7) is 10.1. The lowest BCUT2D eigenvalue weighted by Gasteiger charge is -2.30. The van der Waals surface area contributed by atoms with Gasteiger partial charge in [-0.05, 0) is 64.1 Å². The van der Waals surface area contributed by atoms with E-state index in [9.17, 15) is 4.79 Å². The maximum atomic E-state index is 12.5. The number of anilines is 2. The molecule has 0 fully saturated rings. The van der Waals surface area contributed by atoms with E-state index in [0.29, 0.717) is 30.1 Å². The van der Waals surface area contributed by atoms with Crippen LogP contribution < -0.4 is 10.6 Å². The minimum Gasteiger partial charge on any atom is -0.349 e. The molecular weight excluding hydrogens is 362 g/mol. The first-order valence-corrected chi connectivity index (χ1v) is 10.1. The van der Waals surface area contributed by atoms with Gasteiger partial charge in [-0.2, -0.15) is 0 Å². The van der Waals surface area contributed by atoms with Crippen LogP contribution in [-0.4, -0.2) is 45.9 Å². The highest BCUT2D eigenvalue weighted by molar-refractivity contribution is 5.92. The Labute approximate surface area is 172 Å². The number of fused-ring (bicyclic) bond motifs is 1. The third-order valence-electron chi connectivity index (χ3n) is 4.84. The molecule has 2 N–H and O–H groups in total. The topological polar surface area (TPSA) is 70.2 Å². The summed E-state index contributed by atoms with van der Waals surface area (Å²) in [4.78, 5) is 23.7. The minimum atomic E-state index is -0.163. The Balaban J connectivity index is 1.63. The molecule has 6 nitrogen and oxygen atoms in total. The zero-order valence-electron chi connectivity index (χ0n) is 17.5. The highest BCUT2D eigenvalue weighted by Gasteiger charge is 2.14. The molecule has 0 aliphatic heterocycles. The van der Waals surface area contributed by atoms with E-state index in [4.69, 9.17) is 0 Å². The molecule has 1 amide bonds. The second-order valence-electron chi connectivity index (χ2n) is 7.63. The Morgan fingerprint density at radius 3 is 2.59 bits per heavy atom. The van der Waals surface area contributed by atoms with Crippen molar-refractivity contribution in [1.82, 2.24) is 20.2 Å². The maximum absolute atomic E-state index is 12.5. The molecule has 0 bridgehead atoms. The second kappa shape index (κ2) is 9.47. The van der Waals surface area contributed by atoms with Gasteiger partial charge >= 0.3 is 0 Å². The molecule has 0 saturated heterocycles. The minimum absolute atomic E-state index is 0.163. The van der Waals surface area contributed by atoms with Crippen LogP contribution >= 0.6 is 0 Å². The van der Waals surface area contributed by atoms with Crippen LogP contribution in [0.3, 0.4) is 0 Å². The first-order valence-electron chi connectivity index (χ1n) is 10.1. The van der Waals surface area contributed by atoms with E-state index in [0.717, 1.165) is 23.1 Å². The zero-order chi connectivity index (χ0) is 20.8. The van der Waals surface area contributed by atoms with Gasteiger partial charge in [0.25, 0.3) is 5.91 Å². The van der Waals surface area contributed by atoms with Gasteiger partial charge in [0.05, 0.1) is 5.52 Å². The molecule has 29 heavy (non-hydrogen) atoms. The molecule has 0 atom stereocenters. The summed E-state index contributed by atoms with van der Waals surface area (Å²) < 4.78 is 0. The van der Waals surface area contributed by atoms with Gasteiger partial charge in [-0.25, -0.2) is 4.98 Å². The fourth-order valence-electron chi connectivity index (χ4n) is 3.43. The molecule has 6 heteroatoms. The van der Waals surface area contributed by atoms with Gasteiger partial charge in [0.2, 0.25) is 0 Å². The highest BCUT2D eigenvalue weighted by atomic mass is 16.1. The van der Waals surface area contributed by atoms with Crippen molar-refractivity contribution in [2.75, 3.05) is 18.4 Å². The summed E-state index contributed by atoms with van der Waals surface area (Å²) in [5.41, 5.74) is 2.24. The molecule has 152 valence electrons. The van der Waals surface area contributed by atoms with E-state index >= 15 is 0 Å². The summed E-state index contributed by atoms with van der Waals surface area (Å²) in [5, 5.41) is 7.29. The Bertz CT molecular complexity index is 962. The van der Waals surface area contributed by atoms with Crippen molar-refractivity contribution in [3.8, 4) is 0 Å². The lowest BCUT2D eigenvalue weighted by atomic mass is 10.2. The number of nitrogens with one attached hydrogen (secondary N) is 2. The van der Waals surface area contributed by atoms with Gasteiger partial charge in [0, 0.05) is 42.4 Å². The fourth-order valence-corrected chi connectivity index (χ4v) is 3.43. The van der Waals surface area contributed by atoms with E-state index in [1.165, 1.54) is 0 Å². The number of benzene rings is 1. The Hall–Kier alpha value is -2.99. The van der Waals surface area contributed by atoms with Crippen molar-refractivity contribution in [2.45, 2.75) is 39.8 Å². The van der Waals surface area contributed by atoms with Crippen molar-refractivity contribution in [1.29, 1.82) is 0 Å². The number of nitrogens with zero attached hydrogens (tertiary/aromatic N) is 3. The number of carbonyl (C=O) groups is 1. The maximum Gasteiger partial charge on any atom is 0.270 e. The van der Waals surface area contributed by atoms with Crippen LogP contribution in [-0.2, 0) is 0 Å². The van der Waals surface area contributed by atoms with Gasteiger partial charge in [-0.1, -0.05) is 12.1 Å². The third-order valence-corrected chi connectivity index (χ3v) is 4.84. The fraction of sp³-hybridized carbons (Fsp3) is 0.348. The van der Waals surface area contributed by atoms with Gasteiger partial charge < -0.3 is 10.6 Å². The SMILES string of the molecule is CC(C)N(CCNC(=O)c1cccc(Nc2ccc3ncccc3c2)n1)C(C)C. The Morgan fingerprint density at radius 2 is 1.83 bits per heavy atom. The molecule has 0 unspecified atom stereocenters. The third kappa shape index (κ3) is 5.51. The second-order valence-corrected chi connectivity index (χ2v) is 7.63. The number of hydrogen-bond acceptors (Lipinski definition) is 5. The van der Waals surface area contributed by atoms with E-state index < -0.39 is 0 Å². The number of rotatable bonds is 8. The standard InChI is InChI=1S/C23H29N5O/c1-16(2)28(17(3)4)14-13-25-23(29)21-8-5-9-22(27-21)26-19-10-11-20-18(15-19)7-6-12-24-20/h5-12,15-17H,13-14H2,1-4H3,(H,25,29)(H,26,27). The molecule has 0 radical (unpaired) electrons. The van der Waals surface area contributed by atoms with Crippen LogP contribution in [0.2, 0.25) is 0 Å². The van der Waals surface area contributed by atoms with E-state index in [2.05, 4.69) is 53.2 Å². The van der Waals surface area contributed by atoms with E-state index in [1.54, 1.807) is 12.3 Å². The number of pyridine rings is 2. The molecule has 2 aromatic heterocycles. The van der Waals surface area contributed by atoms with Crippen molar-refractivity contribution < 1.29 is 4.79 Å². The number of amides is 1. The smallest absolute Gasteiger partial charge is 0.270 e. The largest absolute Gasteiger partial charge is 0.349 e.